The van der Waals surface area contributed by atoms with Gasteiger partial charge in [-0.15, -0.1) is 0 Å². The Morgan fingerprint density at radius 2 is 2.21 bits per heavy atom. The summed E-state index contributed by atoms with van der Waals surface area (Å²) in [5.41, 5.74) is 3.43. The first kappa shape index (κ1) is 13.9. The number of carbonyl (C=O) groups excluding carboxylic acids is 1. The van der Waals surface area contributed by atoms with E-state index in [1.165, 1.54) is 24.1 Å². The molecule has 0 saturated heterocycles. The molecule has 104 valence electrons. The van der Waals surface area contributed by atoms with Crippen molar-refractivity contribution >= 4 is 17.3 Å². The molecule has 0 unspecified atom stereocenters. The van der Waals surface area contributed by atoms with Crippen LogP contribution in [0, 0.1) is 0 Å². The van der Waals surface area contributed by atoms with Crippen molar-refractivity contribution in [1.29, 1.82) is 0 Å². The third-order valence-corrected chi connectivity index (χ3v) is 3.63. The number of nitrogens with one attached hydrogen (secondary N) is 2. The van der Waals surface area contributed by atoms with Crippen LogP contribution in [0.1, 0.15) is 51.0 Å². The predicted octanol–water partition coefficient (Wildman–Crippen LogP) is 3.95. The van der Waals surface area contributed by atoms with Gasteiger partial charge in [0, 0.05) is 24.3 Å². The van der Waals surface area contributed by atoms with Crippen molar-refractivity contribution in [3.8, 4) is 0 Å². The van der Waals surface area contributed by atoms with Gasteiger partial charge < -0.3 is 10.6 Å². The van der Waals surface area contributed by atoms with Crippen molar-refractivity contribution in [3.63, 3.8) is 0 Å². The van der Waals surface area contributed by atoms with Crippen LogP contribution in [-0.2, 0) is 11.2 Å². The lowest BCUT2D eigenvalue weighted by atomic mass is 10.0. The minimum Gasteiger partial charge on any atom is -0.385 e. The quantitative estimate of drug-likeness (QED) is 0.760. The molecule has 3 nitrogen and oxygen atoms in total. The second-order valence-corrected chi connectivity index (χ2v) is 5.22. The molecule has 1 aliphatic heterocycles. The summed E-state index contributed by atoms with van der Waals surface area (Å²) in [5, 5.41) is 6.45. The van der Waals surface area contributed by atoms with Crippen LogP contribution in [0.25, 0.3) is 0 Å². The zero-order valence-electron chi connectivity index (χ0n) is 11.8. The zero-order chi connectivity index (χ0) is 13.5. The summed E-state index contributed by atoms with van der Waals surface area (Å²) in [6.45, 7) is 3.21. The van der Waals surface area contributed by atoms with Crippen molar-refractivity contribution in [3.05, 3.63) is 23.8 Å². The summed E-state index contributed by atoms with van der Waals surface area (Å²) >= 11 is 0. The van der Waals surface area contributed by atoms with E-state index in [0.717, 1.165) is 37.9 Å². The van der Waals surface area contributed by atoms with Gasteiger partial charge in [0.15, 0.2) is 0 Å². The van der Waals surface area contributed by atoms with E-state index in [0.29, 0.717) is 6.42 Å². The van der Waals surface area contributed by atoms with Crippen molar-refractivity contribution < 1.29 is 4.79 Å². The molecule has 0 radical (unpaired) electrons. The van der Waals surface area contributed by atoms with Crippen molar-refractivity contribution in [2.75, 3.05) is 17.2 Å². The molecule has 1 amide bonds. The standard InChI is InChI=1S/C16H24N2O/c1-2-3-4-5-11-16(19)18-15-10-6-9-14-13(15)8-7-12-17-14/h6,9-10,17H,2-5,7-8,11-12H2,1H3,(H,18,19). The van der Waals surface area contributed by atoms with E-state index in [9.17, 15) is 4.79 Å². The Kier molecular flexibility index (Phi) is 5.25. The Morgan fingerprint density at radius 3 is 3.05 bits per heavy atom. The average molecular weight is 260 g/mol. The van der Waals surface area contributed by atoms with Crippen molar-refractivity contribution in [2.45, 2.75) is 51.9 Å². The molecule has 0 bridgehead atoms. The molecule has 0 fully saturated rings. The Labute approximate surface area is 115 Å². The van der Waals surface area contributed by atoms with E-state index >= 15 is 0 Å². The lowest BCUT2D eigenvalue weighted by molar-refractivity contribution is -0.116. The molecule has 0 aliphatic carbocycles. The topological polar surface area (TPSA) is 41.1 Å². The van der Waals surface area contributed by atoms with Crippen molar-refractivity contribution in [1.82, 2.24) is 0 Å². The SMILES string of the molecule is CCCCCCC(=O)Nc1cccc2c1CCCN2. The fourth-order valence-corrected chi connectivity index (χ4v) is 2.55. The van der Waals surface area contributed by atoms with E-state index < -0.39 is 0 Å². The van der Waals surface area contributed by atoms with Gasteiger partial charge in [-0.3, -0.25) is 4.79 Å². The van der Waals surface area contributed by atoms with Crippen molar-refractivity contribution in [2.24, 2.45) is 0 Å². The first-order valence-corrected chi connectivity index (χ1v) is 7.47. The first-order chi connectivity index (χ1) is 9.31. The van der Waals surface area contributed by atoms with E-state index in [1.807, 2.05) is 12.1 Å². The Hall–Kier alpha value is -1.51. The van der Waals surface area contributed by atoms with E-state index in [4.69, 9.17) is 0 Å². The number of unbranched alkanes of at least 4 members (excludes halogenated alkanes) is 3. The maximum atomic E-state index is 11.9. The summed E-state index contributed by atoms with van der Waals surface area (Å²) in [4.78, 5) is 11.9. The Morgan fingerprint density at radius 1 is 1.32 bits per heavy atom. The molecule has 2 rings (SSSR count). The Balaban J connectivity index is 1.90. The molecule has 1 aromatic rings. The number of benzene rings is 1. The van der Waals surface area contributed by atoms with Gasteiger partial charge in [0.25, 0.3) is 0 Å². The molecular formula is C16H24N2O. The number of rotatable bonds is 6. The largest absolute Gasteiger partial charge is 0.385 e. The van der Waals surface area contributed by atoms with Crippen LogP contribution in [0.3, 0.4) is 0 Å². The van der Waals surface area contributed by atoms with Gasteiger partial charge in [0.05, 0.1) is 0 Å². The highest BCUT2D eigenvalue weighted by molar-refractivity contribution is 5.92. The molecule has 0 aromatic heterocycles. The summed E-state index contributed by atoms with van der Waals surface area (Å²) in [6, 6.07) is 6.10. The van der Waals surface area contributed by atoms with E-state index in [-0.39, 0.29) is 5.91 Å². The second-order valence-electron chi connectivity index (χ2n) is 5.22. The summed E-state index contributed by atoms with van der Waals surface area (Å²) < 4.78 is 0. The van der Waals surface area contributed by atoms with Gasteiger partial charge in [-0.05, 0) is 37.0 Å². The molecule has 1 aromatic carbocycles. The average Bonchev–Trinajstić information content (AvgIpc) is 2.44. The number of fused-ring (bicyclic) bond motifs is 1. The van der Waals surface area contributed by atoms with Crippen LogP contribution in [0.5, 0.6) is 0 Å². The molecule has 19 heavy (non-hydrogen) atoms. The molecule has 3 heteroatoms. The fraction of sp³-hybridized carbons (Fsp3) is 0.562. The summed E-state index contributed by atoms with van der Waals surface area (Å²) in [6.07, 6.45) is 7.39. The highest BCUT2D eigenvalue weighted by Gasteiger charge is 2.13. The molecule has 0 saturated carbocycles. The van der Waals surface area contributed by atoms with Gasteiger partial charge in [0.2, 0.25) is 5.91 Å². The van der Waals surface area contributed by atoms with Gasteiger partial charge in [0.1, 0.15) is 0 Å². The molecule has 0 spiro atoms. The third-order valence-electron chi connectivity index (χ3n) is 3.63. The van der Waals surface area contributed by atoms with Crippen LogP contribution in [0.4, 0.5) is 11.4 Å². The number of anilines is 2. The third kappa shape index (κ3) is 3.98. The summed E-state index contributed by atoms with van der Waals surface area (Å²) in [5.74, 6) is 0.148. The molecule has 1 aliphatic rings. The monoisotopic (exact) mass is 260 g/mol. The zero-order valence-corrected chi connectivity index (χ0v) is 11.8. The maximum Gasteiger partial charge on any atom is 0.224 e. The van der Waals surface area contributed by atoms with Crippen LogP contribution in [-0.4, -0.2) is 12.5 Å². The molecule has 0 atom stereocenters. The summed E-state index contributed by atoms with van der Waals surface area (Å²) in [7, 11) is 0. The fourth-order valence-electron chi connectivity index (χ4n) is 2.55. The van der Waals surface area contributed by atoms with Crippen LogP contribution >= 0.6 is 0 Å². The van der Waals surface area contributed by atoms with E-state index in [1.54, 1.807) is 0 Å². The van der Waals surface area contributed by atoms with E-state index in [2.05, 4.69) is 23.6 Å². The number of carbonyl (C=O) groups is 1. The smallest absolute Gasteiger partial charge is 0.224 e. The molecule has 2 N–H and O–H groups in total. The first-order valence-electron chi connectivity index (χ1n) is 7.47. The van der Waals surface area contributed by atoms with Crippen LogP contribution in [0.15, 0.2) is 18.2 Å². The maximum absolute atomic E-state index is 11.9. The second kappa shape index (κ2) is 7.17. The number of amides is 1. The van der Waals surface area contributed by atoms with Gasteiger partial charge in [-0.25, -0.2) is 0 Å². The lowest BCUT2D eigenvalue weighted by Gasteiger charge is -2.21. The molecule has 1 heterocycles. The number of hydrogen-bond acceptors (Lipinski definition) is 2. The van der Waals surface area contributed by atoms with Gasteiger partial charge in [-0.1, -0.05) is 32.3 Å². The Bertz CT molecular complexity index is 429. The van der Waals surface area contributed by atoms with Crippen LogP contribution < -0.4 is 10.6 Å². The predicted molar refractivity (Wildman–Crippen MR) is 80.6 cm³/mol. The highest BCUT2D eigenvalue weighted by atomic mass is 16.1. The normalized spacial score (nSPS) is 13.5. The van der Waals surface area contributed by atoms with Crippen LogP contribution in [0.2, 0.25) is 0 Å². The van der Waals surface area contributed by atoms with Gasteiger partial charge in [-0.2, -0.15) is 0 Å². The number of hydrogen-bond donors (Lipinski definition) is 2. The highest BCUT2D eigenvalue weighted by Crippen LogP contribution is 2.28. The lowest BCUT2D eigenvalue weighted by Crippen LogP contribution is -2.17. The minimum atomic E-state index is 0.148. The minimum absolute atomic E-state index is 0.148. The molecular weight excluding hydrogens is 236 g/mol. The van der Waals surface area contributed by atoms with Gasteiger partial charge >= 0.3 is 0 Å².